The Labute approximate surface area is 366 Å². The fourth-order valence-electron chi connectivity index (χ4n) is 5.58. The summed E-state index contributed by atoms with van der Waals surface area (Å²) in [4.78, 5) is 37.7. The molecule has 0 spiro atoms. The lowest BCUT2D eigenvalue weighted by Gasteiger charge is -2.18. The SMILES string of the molecule is CC\C=C/C=C\C=C/C=C\C=C\C=C/CCCCCC(=O)OCC(COC(=O)CCC/C=C\CCCCCC)OC(=O)CCCCC/C=C\C/C=C\C/C=C\C/C=C\CC. The van der Waals surface area contributed by atoms with Gasteiger partial charge in [-0.1, -0.05) is 187 Å². The van der Waals surface area contributed by atoms with Crippen molar-refractivity contribution in [3.8, 4) is 0 Å². The molecule has 0 aliphatic rings. The molecule has 60 heavy (non-hydrogen) atoms. The zero-order chi connectivity index (χ0) is 43.7. The summed E-state index contributed by atoms with van der Waals surface area (Å²) in [6, 6.07) is 0. The Morgan fingerprint density at radius 1 is 0.367 bits per heavy atom. The van der Waals surface area contributed by atoms with E-state index in [1.807, 2.05) is 60.8 Å². The van der Waals surface area contributed by atoms with Crippen molar-refractivity contribution in [3.05, 3.63) is 134 Å². The number of carbonyl (C=O) groups excluding carboxylic acids is 3. The van der Waals surface area contributed by atoms with Crippen molar-refractivity contribution >= 4 is 17.9 Å². The predicted molar refractivity (Wildman–Crippen MR) is 256 cm³/mol. The van der Waals surface area contributed by atoms with E-state index in [1.165, 1.54) is 25.7 Å². The highest BCUT2D eigenvalue weighted by atomic mass is 16.6. The van der Waals surface area contributed by atoms with E-state index >= 15 is 0 Å². The Morgan fingerprint density at radius 2 is 0.750 bits per heavy atom. The van der Waals surface area contributed by atoms with Crippen LogP contribution in [0.2, 0.25) is 0 Å². The molecule has 334 valence electrons. The van der Waals surface area contributed by atoms with Crippen LogP contribution >= 0.6 is 0 Å². The van der Waals surface area contributed by atoms with Crippen molar-refractivity contribution in [1.82, 2.24) is 0 Å². The third-order valence-electron chi connectivity index (χ3n) is 9.03. The third-order valence-corrected chi connectivity index (χ3v) is 9.03. The number of carbonyl (C=O) groups is 3. The summed E-state index contributed by atoms with van der Waals surface area (Å²) in [6.07, 6.45) is 65.8. The van der Waals surface area contributed by atoms with E-state index in [0.717, 1.165) is 83.5 Å². The van der Waals surface area contributed by atoms with Crippen molar-refractivity contribution in [2.24, 2.45) is 0 Å². The van der Waals surface area contributed by atoms with Gasteiger partial charge in [0.2, 0.25) is 0 Å². The molecule has 6 heteroatoms. The summed E-state index contributed by atoms with van der Waals surface area (Å²) in [6.45, 7) is 6.21. The average molecular weight is 827 g/mol. The number of esters is 3. The van der Waals surface area contributed by atoms with Gasteiger partial charge in [0, 0.05) is 19.3 Å². The van der Waals surface area contributed by atoms with Gasteiger partial charge in [-0.05, 0) is 96.3 Å². The largest absolute Gasteiger partial charge is 0.462 e. The highest BCUT2D eigenvalue weighted by Gasteiger charge is 2.19. The molecule has 1 atom stereocenters. The average Bonchev–Trinajstić information content (AvgIpc) is 3.24. The van der Waals surface area contributed by atoms with Crippen LogP contribution in [0.15, 0.2) is 134 Å². The lowest BCUT2D eigenvalue weighted by atomic mass is 10.1. The van der Waals surface area contributed by atoms with Gasteiger partial charge in [-0.15, -0.1) is 0 Å². The van der Waals surface area contributed by atoms with Gasteiger partial charge in [0.1, 0.15) is 13.2 Å². The molecule has 6 nitrogen and oxygen atoms in total. The molecule has 0 radical (unpaired) electrons. The standard InChI is InChI=1S/C54H82O6/c1-4-7-10-13-16-19-21-23-25-27-29-30-32-35-38-41-44-47-53(56)59-50-51(49-58-52(55)46-43-40-37-34-18-15-12-9-6-3)60-54(57)48-45-42-39-36-33-31-28-26-24-22-20-17-14-11-8-5-2/h7-8,10-11,13,16-17,19-21,23-27,29-34,37,51H,4-6,9,12,14-15,18,22,28,35-36,38-50H2,1-3H3/b10-7-,11-8-,16-13-,20-17-,21-19-,25-23-,26-24-,29-27+,32-30-,33-31-,37-34-. The molecular formula is C54H82O6. The van der Waals surface area contributed by atoms with Crippen LogP contribution < -0.4 is 0 Å². The lowest BCUT2D eigenvalue weighted by molar-refractivity contribution is -0.167. The summed E-state index contributed by atoms with van der Waals surface area (Å²) in [5, 5.41) is 0. The molecule has 0 saturated carbocycles. The fourth-order valence-corrected chi connectivity index (χ4v) is 5.58. The molecule has 0 heterocycles. The highest BCUT2D eigenvalue weighted by Crippen LogP contribution is 2.10. The van der Waals surface area contributed by atoms with Crippen LogP contribution in [0.5, 0.6) is 0 Å². The zero-order valence-electron chi connectivity index (χ0n) is 37.9. The van der Waals surface area contributed by atoms with Crippen LogP contribution in [-0.2, 0) is 28.6 Å². The van der Waals surface area contributed by atoms with E-state index in [1.54, 1.807) is 0 Å². The fraction of sp³-hybridized carbons (Fsp3) is 0.537. The second-order valence-corrected chi connectivity index (χ2v) is 14.7. The predicted octanol–water partition coefficient (Wildman–Crippen LogP) is 15.1. The highest BCUT2D eigenvalue weighted by molar-refractivity contribution is 5.71. The minimum atomic E-state index is -0.827. The molecular weight excluding hydrogens is 745 g/mol. The van der Waals surface area contributed by atoms with Gasteiger partial charge >= 0.3 is 17.9 Å². The Hall–Kier alpha value is -4.45. The first-order valence-electron chi connectivity index (χ1n) is 23.3. The van der Waals surface area contributed by atoms with E-state index < -0.39 is 6.10 Å². The molecule has 0 aliphatic heterocycles. The first-order chi connectivity index (χ1) is 29.5. The number of hydrogen-bond donors (Lipinski definition) is 0. The molecule has 0 aromatic rings. The maximum atomic E-state index is 12.7. The first kappa shape index (κ1) is 55.5. The van der Waals surface area contributed by atoms with Crippen molar-refractivity contribution in [2.75, 3.05) is 13.2 Å². The topological polar surface area (TPSA) is 78.9 Å². The monoisotopic (exact) mass is 827 g/mol. The summed E-state index contributed by atoms with van der Waals surface area (Å²) in [5.41, 5.74) is 0. The maximum absolute atomic E-state index is 12.7. The van der Waals surface area contributed by atoms with Gasteiger partial charge in [-0.3, -0.25) is 14.4 Å². The molecule has 0 rings (SSSR count). The lowest BCUT2D eigenvalue weighted by Crippen LogP contribution is -2.30. The molecule has 0 aliphatic carbocycles. The van der Waals surface area contributed by atoms with Crippen LogP contribution in [0, 0.1) is 0 Å². The first-order valence-corrected chi connectivity index (χ1v) is 23.3. The third kappa shape index (κ3) is 44.6. The number of allylic oxidation sites excluding steroid dienone is 22. The van der Waals surface area contributed by atoms with Crippen LogP contribution in [-0.4, -0.2) is 37.2 Å². The maximum Gasteiger partial charge on any atom is 0.306 e. The quantitative estimate of drug-likeness (QED) is 0.0202. The second-order valence-electron chi connectivity index (χ2n) is 14.7. The van der Waals surface area contributed by atoms with Gasteiger partial charge in [-0.25, -0.2) is 0 Å². The van der Waals surface area contributed by atoms with Crippen molar-refractivity contribution in [2.45, 2.75) is 175 Å². The molecule has 0 amide bonds. The summed E-state index contributed by atoms with van der Waals surface area (Å²) in [7, 11) is 0. The molecule has 0 aromatic carbocycles. The second kappa shape index (κ2) is 47.2. The minimum absolute atomic E-state index is 0.126. The van der Waals surface area contributed by atoms with Crippen molar-refractivity contribution < 1.29 is 28.6 Å². The van der Waals surface area contributed by atoms with E-state index in [2.05, 4.69) is 93.7 Å². The molecule has 1 unspecified atom stereocenters. The molecule has 0 bridgehead atoms. The number of hydrogen-bond acceptors (Lipinski definition) is 6. The van der Waals surface area contributed by atoms with Crippen LogP contribution in [0.1, 0.15) is 168 Å². The van der Waals surface area contributed by atoms with Gasteiger partial charge in [0.15, 0.2) is 6.10 Å². The summed E-state index contributed by atoms with van der Waals surface area (Å²) >= 11 is 0. The smallest absolute Gasteiger partial charge is 0.306 e. The molecule has 0 fully saturated rings. The van der Waals surface area contributed by atoms with Gasteiger partial charge in [0.05, 0.1) is 0 Å². The van der Waals surface area contributed by atoms with E-state index in [9.17, 15) is 14.4 Å². The Kier molecular flexibility index (Phi) is 43.7. The summed E-state index contributed by atoms with van der Waals surface area (Å²) < 4.78 is 16.6. The van der Waals surface area contributed by atoms with Gasteiger partial charge in [-0.2, -0.15) is 0 Å². The van der Waals surface area contributed by atoms with Crippen LogP contribution in [0.3, 0.4) is 0 Å². The molecule has 0 saturated heterocycles. The van der Waals surface area contributed by atoms with Crippen LogP contribution in [0.25, 0.3) is 0 Å². The van der Waals surface area contributed by atoms with Crippen molar-refractivity contribution in [1.29, 1.82) is 0 Å². The van der Waals surface area contributed by atoms with Gasteiger partial charge in [0.25, 0.3) is 0 Å². The molecule has 0 aromatic heterocycles. The van der Waals surface area contributed by atoms with E-state index in [0.29, 0.717) is 19.3 Å². The molecule has 0 N–H and O–H groups in total. The minimum Gasteiger partial charge on any atom is -0.462 e. The Morgan fingerprint density at radius 3 is 1.27 bits per heavy atom. The number of ether oxygens (including phenoxy) is 3. The van der Waals surface area contributed by atoms with Crippen LogP contribution in [0.4, 0.5) is 0 Å². The van der Waals surface area contributed by atoms with E-state index in [-0.39, 0.29) is 50.4 Å². The Bertz CT molecular complexity index is 1370. The summed E-state index contributed by atoms with van der Waals surface area (Å²) in [5.74, 6) is -1.05. The van der Waals surface area contributed by atoms with E-state index in [4.69, 9.17) is 14.2 Å². The van der Waals surface area contributed by atoms with Crippen molar-refractivity contribution in [3.63, 3.8) is 0 Å². The number of rotatable bonds is 39. The zero-order valence-corrected chi connectivity index (χ0v) is 37.9. The normalized spacial score (nSPS) is 13.3. The number of unbranched alkanes of at least 4 members (excludes halogenated alkanes) is 11. The van der Waals surface area contributed by atoms with Gasteiger partial charge < -0.3 is 14.2 Å². The Balaban J connectivity index is 4.57.